The molecule has 0 unspecified atom stereocenters. The highest BCUT2D eigenvalue weighted by atomic mass is 15.7. The maximum Gasteiger partial charge on any atom is 0.0957 e. The Bertz CT molecular complexity index is 151. The molecule has 0 aromatic carbocycles. The summed E-state index contributed by atoms with van der Waals surface area (Å²) >= 11 is 0. The molecular formula is C11H23N2+. The van der Waals surface area contributed by atoms with Gasteiger partial charge in [0.25, 0.3) is 0 Å². The van der Waals surface area contributed by atoms with Gasteiger partial charge in [-0.1, -0.05) is 19.1 Å². The molecule has 0 rings (SSSR count). The molecule has 76 valence electrons. The van der Waals surface area contributed by atoms with Gasteiger partial charge in [0.05, 0.1) is 33.7 Å². The molecule has 0 aliphatic heterocycles. The van der Waals surface area contributed by atoms with Crippen LogP contribution in [0, 0.1) is 0 Å². The van der Waals surface area contributed by atoms with Crippen molar-refractivity contribution in [2.45, 2.75) is 13.3 Å². The molecule has 0 aliphatic carbocycles. The molecule has 0 saturated heterocycles. The van der Waals surface area contributed by atoms with Gasteiger partial charge in [0.2, 0.25) is 0 Å². The van der Waals surface area contributed by atoms with Crippen molar-refractivity contribution in [1.29, 1.82) is 0 Å². The third kappa shape index (κ3) is 4.25. The van der Waals surface area contributed by atoms with Gasteiger partial charge >= 0.3 is 0 Å². The molecule has 13 heavy (non-hydrogen) atoms. The zero-order valence-electron chi connectivity index (χ0n) is 9.29. The van der Waals surface area contributed by atoms with Gasteiger partial charge in [0, 0.05) is 0 Å². The molecule has 0 fully saturated rings. The number of nitrogens with zero attached hydrogens (tertiary/aromatic N) is 2. The van der Waals surface area contributed by atoms with Crippen LogP contribution in [0.5, 0.6) is 0 Å². The Labute approximate surface area is 82.7 Å². The van der Waals surface area contributed by atoms with Crippen molar-refractivity contribution in [3.63, 3.8) is 0 Å². The summed E-state index contributed by atoms with van der Waals surface area (Å²) in [6.45, 7) is 12.7. The first-order valence-corrected chi connectivity index (χ1v) is 4.88. The molecule has 0 spiro atoms. The van der Waals surface area contributed by atoms with E-state index in [1.165, 1.54) is 6.42 Å². The van der Waals surface area contributed by atoms with E-state index in [1.807, 2.05) is 12.2 Å². The number of hydrogen-bond acceptors (Lipinski definition) is 1. The van der Waals surface area contributed by atoms with E-state index in [0.29, 0.717) is 0 Å². The third-order valence-electron chi connectivity index (χ3n) is 2.22. The zero-order chi connectivity index (χ0) is 10.3. The van der Waals surface area contributed by atoms with Gasteiger partial charge in [-0.2, -0.15) is 0 Å². The second-order valence-electron chi connectivity index (χ2n) is 3.79. The van der Waals surface area contributed by atoms with Crippen molar-refractivity contribution in [2.75, 3.05) is 33.7 Å². The van der Waals surface area contributed by atoms with Crippen molar-refractivity contribution >= 4 is 0 Å². The van der Waals surface area contributed by atoms with E-state index in [9.17, 15) is 0 Å². The van der Waals surface area contributed by atoms with Crippen LogP contribution in [-0.4, -0.2) is 43.3 Å². The lowest BCUT2D eigenvalue weighted by molar-refractivity contribution is -1.00. The molecule has 0 aromatic heterocycles. The minimum absolute atomic E-state index is 0.911. The minimum Gasteiger partial charge on any atom is -0.248 e. The zero-order valence-corrected chi connectivity index (χ0v) is 9.29. The van der Waals surface area contributed by atoms with Crippen molar-refractivity contribution in [3.05, 3.63) is 25.3 Å². The van der Waals surface area contributed by atoms with Crippen LogP contribution in [0.1, 0.15) is 13.3 Å². The molecule has 0 saturated carbocycles. The van der Waals surface area contributed by atoms with Crippen molar-refractivity contribution in [2.24, 2.45) is 0 Å². The maximum atomic E-state index is 3.77. The summed E-state index contributed by atoms with van der Waals surface area (Å²) in [5, 5.41) is 2.34. The normalized spacial score (nSPS) is 11.7. The molecule has 2 heteroatoms. The molecule has 0 heterocycles. The predicted octanol–water partition coefficient (Wildman–Crippen LogP) is 2.06. The Hall–Kier alpha value is -0.600. The summed E-state index contributed by atoms with van der Waals surface area (Å²) in [7, 11) is 4.44. The summed E-state index contributed by atoms with van der Waals surface area (Å²) in [6, 6.07) is 0. The molecule has 0 bridgehead atoms. The van der Waals surface area contributed by atoms with Crippen LogP contribution in [0.15, 0.2) is 25.3 Å². The quantitative estimate of drug-likeness (QED) is 0.332. The number of hydrogen-bond donors (Lipinski definition) is 0. The van der Waals surface area contributed by atoms with Crippen molar-refractivity contribution in [1.82, 2.24) is 5.01 Å². The predicted molar refractivity (Wildman–Crippen MR) is 59.2 cm³/mol. The van der Waals surface area contributed by atoms with E-state index in [1.54, 1.807) is 0 Å². The SMILES string of the molecule is C=CCN(CC=C)[N+](C)(C)CCC. The Balaban J connectivity index is 4.29. The molecule has 0 amide bonds. The van der Waals surface area contributed by atoms with Crippen molar-refractivity contribution in [3.8, 4) is 0 Å². The fourth-order valence-corrected chi connectivity index (χ4v) is 1.50. The Morgan fingerprint density at radius 3 is 1.92 bits per heavy atom. The minimum atomic E-state index is 0.911. The summed E-state index contributed by atoms with van der Waals surface area (Å²) in [4.78, 5) is 0. The fraction of sp³-hybridized carbons (Fsp3) is 0.636. The van der Waals surface area contributed by atoms with Gasteiger partial charge in [0.1, 0.15) is 0 Å². The van der Waals surface area contributed by atoms with E-state index in [0.717, 1.165) is 24.2 Å². The van der Waals surface area contributed by atoms with Gasteiger partial charge < -0.3 is 0 Å². The summed E-state index contributed by atoms with van der Waals surface area (Å²) in [5.41, 5.74) is 0. The lowest BCUT2D eigenvalue weighted by atomic mass is 10.4. The van der Waals surface area contributed by atoms with Crippen LogP contribution in [0.4, 0.5) is 0 Å². The van der Waals surface area contributed by atoms with Crippen LogP contribution >= 0.6 is 0 Å². The fourth-order valence-electron chi connectivity index (χ4n) is 1.50. The highest BCUT2D eigenvalue weighted by molar-refractivity contribution is 4.75. The van der Waals surface area contributed by atoms with Gasteiger partial charge in [0.15, 0.2) is 0 Å². The second kappa shape index (κ2) is 5.95. The third-order valence-corrected chi connectivity index (χ3v) is 2.22. The van der Waals surface area contributed by atoms with Gasteiger partial charge in [-0.05, 0) is 6.42 Å². The van der Waals surface area contributed by atoms with Crippen LogP contribution in [0.3, 0.4) is 0 Å². The van der Waals surface area contributed by atoms with Crippen LogP contribution in [0.2, 0.25) is 0 Å². The van der Waals surface area contributed by atoms with Crippen molar-refractivity contribution < 1.29 is 4.59 Å². The molecule has 0 aromatic rings. The van der Waals surface area contributed by atoms with Gasteiger partial charge in [-0.25, -0.2) is 4.59 Å². The van der Waals surface area contributed by atoms with Crippen LogP contribution in [0.25, 0.3) is 0 Å². The highest BCUT2D eigenvalue weighted by Gasteiger charge is 2.21. The standard InChI is InChI=1S/C11H23N2/c1-6-9-12(10-7-2)13(4,5)11-8-3/h6-7H,1-2,8-11H2,3-5H3/q+1. The summed E-state index contributed by atoms with van der Waals surface area (Å²) in [5.74, 6) is 0. The lowest BCUT2D eigenvalue weighted by Crippen LogP contribution is -2.55. The lowest BCUT2D eigenvalue weighted by Gasteiger charge is -2.38. The summed E-state index contributed by atoms with van der Waals surface area (Å²) in [6.07, 6.45) is 5.08. The molecule has 0 N–H and O–H groups in total. The highest BCUT2D eigenvalue weighted by Crippen LogP contribution is 2.06. The van der Waals surface area contributed by atoms with E-state index in [-0.39, 0.29) is 0 Å². The molecular weight excluding hydrogens is 160 g/mol. The summed E-state index contributed by atoms with van der Waals surface area (Å²) < 4.78 is 0.911. The Kier molecular flexibility index (Phi) is 5.67. The van der Waals surface area contributed by atoms with Gasteiger partial charge in [-0.3, -0.25) is 0 Å². The largest absolute Gasteiger partial charge is 0.248 e. The molecule has 0 aliphatic rings. The molecule has 0 radical (unpaired) electrons. The van der Waals surface area contributed by atoms with E-state index >= 15 is 0 Å². The average Bonchev–Trinajstić information content (AvgIpc) is 2.04. The molecule has 2 nitrogen and oxygen atoms in total. The number of rotatable bonds is 7. The molecule has 0 atom stereocenters. The topological polar surface area (TPSA) is 3.24 Å². The second-order valence-corrected chi connectivity index (χ2v) is 3.79. The Morgan fingerprint density at radius 1 is 1.15 bits per heavy atom. The van der Waals surface area contributed by atoms with Gasteiger partial charge in [-0.15, -0.1) is 18.2 Å². The van der Waals surface area contributed by atoms with E-state index in [2.05, 4.69) is 39.2 Å². The van der Waals surface area contributed by atoms with Crippen LogP contribution < -0.4 is 0 Å². The van der Waals surface area contributed by atoms with E-state index in [4.69, 9.17) is 0 Å². The number of quaternary nitrogens is 1. The Morgan fingerprint density at radius 2 is 1.62 bits per heavy atom. The van der Waals surface area contributed by atoms with E-state index < -0.39 is 0 Å². The smallest absolute Gasteiger partial charge is 0.0957 e. The average molecular weight is 183 g/mol. The first-order chi connectivity index (χ1) is 6.08. The first-order valence-electron chi connectivity index (χ1n) is 4.88. The maximum absolute atomic E-state index is 3.77. The first kappa shape index (κ1) is 12.4. The van der Waals surface area contributed by atoms with Crippen LogP contribution in [-0.2, 0) is 0 Å². The monoisotopic (exact) mass is 183 g/mol.